The summed E-state index contributed by atoms with van der Waals surface area (Å²) in [5, 5.41) is 3.29. The van der Waals surface area contributed by atoms with Gasteiger partial charge in [-0.25, -0.2) is 0 Å². The number of amides is 1. The van der Waals surface area contributed by atoms with Crippen LogP contribution in [0.15, 0.2) is 24.3 Å². The van der Waals surface area contributed by atoms with Crippen LogP contribution in [0.5, 0.6) is 5.75 Å². The van der Waals surface area contributed by atoms with Gasteiger partial charge in [-0.3, -0.25) is 9.69 Å². The van der Waals surface area contributed by atoms with E-state index in [4.69, 9.17) is 10.5 Å². The molecule has 1 unspecified atom stereocenters. The van der Waals surface area contributed by atoms with Crippen LogP contribution in [0.25, 0.3) is 0 Å². The van der Waals surface area contributed by atoms with Gasteiger partial charge >= 0.3 is 0 Å². The maximum absolute atomic E-state index is 12.0. The standard InChI is InChI=1S/C15H23N3O2/c1-15(14(16)19,18-9-7-17-8-10-18)11-12-5-3-4-6-13(12)20-2/h3-6,17H,7-11H2,1-2H3,(H2,16,19). The zero-order chi connectivity index (χ0) is 14.6. The third kappa shape index (κ3) is 2.94. The van der Waals surface area contributed by atoms with Gasteiger partial charge in [-0.15, -0.1) is 0 Å². The first-order chi connectivity index (χ1) is 9.58. The summed E-state index contributed by atoms with van der Waals surface area (Å²) >= 11 is 0. The Kier molecular flexibility index (Phi) is 4.62. The molecule has 1 aliphatic heterocycles. The summed E-state index contributed by atoms with van der Waals surface area (Å²) < 4.78 is 5.38. The number of nitrogens with two attached hydrogens (primary N) is 1. The third-order valence-corrected chi connectivity index (χ3v) is 4.07. The van der Waals surface area contributed by atoms with E-state index in [9.17, 15) is 4.79 Å². The molecule has 0 aliphatic carbocycles. The molecule has 1 amide bonds. The average molecular weight is 277 g/mol. The van der Waals surface area contributed by atoms with Crippen molar-refractivity contribution < 1.29 is 9.53 Å². The summed E-state index contributed by atoms with van der Waals surface area (Å²) in [5.41, 5.74) is 6.02. The van der Waals surface area contributed by atoms with Crippen molar-refractivity contribution in [1.29, 1.82) is 0 Å². The number of ether oxygens (including phenoxy) is 1. The molecule has 5 heteroatoms. The highest BCUT2D eigenvalue weighted by molar-refractivity contribution is 5.84. The summed E-state index contributed by atoms with van der Waals surface area (Å²) in [5.74, 6) is 0.514. The zero-order valence-electron chi connectivity index (χ0n) is 12.2. The number of primary amides is 1. The number of para-hydroxylation sites is 1. The fourth-order valence-electron chi connectivity index (χ4n) is 2.73. The molecule has 0 aromatic heterocycles. The van der Waals surface area contributed by atoms with E-state index < -0.39 is 5.54 Å². The highest BCUT2D eigenvalue weighted by atomic mass is 16.5. The van der Waals surface area contributed by atoms with Crippen molar-refractivity contribution in [2.75, 3.05) is 33.3 Å². The summed E-state index contributed by atoms with van der Waals surface area (Å²) in [7, 11) is 1.64. The third-order valence-electron chi connectivity index (χ3n) is 4.07. The van der Waals surface area contributed by atoms with Crippen LogP contribution in [0.1, 0.15) is 12.5 Å². The molecule has 0 spiro atoms. The van der Waals surface area contributed by atoms with E-state index in [1.165, 1.54) is 0 Å². The van der Waals surface area contributed by atoms with Gasteiger partial charge in [-0.05, 0) is 18.6 Å². The monoisotopic (exact) mass is 277 g/mol. The molecule has 5 nitrogen and oxygen atoms in total. The number of methoxy groups -OCH3 is 1. The second kappa shape index (κ2) is 6.24. The first-order valence-corrected chi connectivity index (χ1v) is 6.95. The Bertz CT molecular complexity index is 472. The molecular weight excluding hydrogens is 254 g/mol. The minimum Gasteiger partial charge on any atom is -0.496 e. The van der Waals surface area contributed by atoms with Crippen LogP contribution in [0, 0.1) is 0 Å². The van der Waals surface area contributed by atoms with Crippen LogP contribution in [0.3, 0.4) is 0 Å². The second-order valence-electron chi connectivity index (χ2n) is 5.36. The first kappa shape index (κ1) is 14.8. The second-order valence-corrected chi connectivity index (χ2v) is 5.36. The van der Waals surface area contributed by atoms with Crippen LogP contribution in [0.2, 0.25) is 0 Å². The molecule has 1 heterocycles. The van der Waals surface area contributed by atoms with E-state index in [0.717, 1.165) is 37.5 Å². The van der Waals surface area contributed by atoms with E-state index in [-0.39, 0.29) is 5.91 Å². The van der Waals surface area contributed by atoms with Gasteiger partial charge < -0.3 is 15.8 Å². The molecule has 1 atom stereocenters. The largest absolute Gasteiger partial charge is 0.496 e. The fourth-order valence-corrected chi connectivity index (χ4v) is 2.73. The number of hydrogen-bond acceptors (Lipinski definition) is 4. The Balaban J connectivity index is 2.26. The lowest BCUT2D eigenvalue weighted by molar-refractivity contribution is -0.129. The Labute approximate surface area is 120 Å². The minimum atomic E-state index is -0.684. The number of rotatable bonds is 5. The summed E-state index contributed by atoms with van der Waals surface area (Å²) in [4.78, 5) is 14.2. The Hall–Kier alpha value is -1.59. The maximum atomic E-state index is 12.0. The van der Waals surface area contributed by atoms with Gasteiger partial charge in [0.2, 0.25) is 5.91 Å². The SMILES string of the molecule is COc1ccccc1CC(C)(C(N)=O)N1CCNCC1. The highest BCUT2D eigenvalue weighted by Gasteiger charge is 2.38. The van der Waals surface area contributed by atoms with Crippen LogP contribution < -0.4 is 15.8 Å². The molecule has 1 aromatic rings. The average Bonchev–Trinajstić information content (AvgIpc) is 2.48. The van der Waals surface area contributed by atoms with E-state index in [1.807, 2.05) is 31.2 Å². The minimum absolute atomic E-state index is 0.287. The lowest BCUT2D eigenvalue weighted by atomic mass is 9.89. The van der Waals surface area contributed by atoms with Gasteiger partial charge in [0.1, 0.15) is 11.3 Å². The predicted molar refractivity (Wildman–Crippen MR) is 78.7 cm³/mol. The smallest absolute Gasteiger partial charge is 0.238 e. The quantitative estimate of drug-likeness (QED) is 0.817. The Morgan fingerprint density at radius 2 is 2.05 bits per heavy atom. The van der Waals surface area contributed by atoms with Gasteiger partial charge in [0, 0.05) is 32.6 Å². The van der Waals surface area contributed by atoms with Crippen molar-refractivity contribution in [2.45, 2.75) is 18.9 Å². The number of carbonyl (C=O) groups excluding carboxylic acids is 1. The molecule has 3 N–H and O–H groups in total. The van der Waals surface area contributed by atoms with Gasteiger partial charge in [0.25, 0.3) is 0 Å². The van der Waals surface area contributed by atoms with Crippen molar-refractivity contribution in [1.82, 2.24) is 10.2 Å². The molecule has 110 valence electrons. The van der Waals surface area contributed by atoms with E-state index in [1.54, 1.807) is 7.11 Å². The van der Waals surface area contributed by atoms with Crippen molar-refractivity contribution in [3.63, 3.8) is 0 Å². The molecule has 1 saturated heterocycles. The van der Waals surface area contributed by atoms with Crippen LogP contribution >= 0.6 is 0 Å². The van der Waals surface area contributed by atoms with Crippen LogP contribution in [0.4, 0.5) is 0 Å². The van der Waals surface area contributed by atoms with Crippen molar-refractivity contribution in [3.05, 3.63) is 29.8 Å². The van der Waals surface area contributed by atoms with Crippen LogP contribution in [-0.4, -0.2) is 49.6 Å². The molecule has 20 heavy (non-hydrogen) atoms. The number of piperazine rings is 1. The molecule has 0 bridgehead atoms. The molecule has 2 rings (SSSR count). The lowest BCUT2D eigenvalue weighted by Crippen LogP contribution is -2.61. The topological polar surface area (TPSA) is 67.6 Å². The van der Waals surface area contributed by atoms with E-state index in [0.29, 0.717) is 6.42 Å². The fraction of sp³-hybridized carbons (Fsp3) is 0.533. The van der Waals surface area contributed by atoms with Crippen molar-refractivity contribution in [3.8, 4) is 5.75 Å². The maximum Gasteiger partial charge on any atom is 0.238 e. The van der Waals surface area contributed by atoms with E-state index in [2.05, 4.69) is 10.2 Å². The normalized spacial score (nSPS) is 19.3. The Morgan fingerprint density at radius 1 is 1.40 bits per heavy atom. The molecular formula is C15H23N3O2. The summed E-state index contributed by atoms with van der Waals surface area (Å²) in [6.45, 7) is 5.35. The van der Waals surface area contributed by atoms with Gasteiger partial charge in [0.05, 0.1) is 7.11 Å². The predicted octanol–water partition coefficient (Wildman–Crippen LogP) is 0.387. The number of carbonyl (C=O) groups is 1. The number of hydrogen-bond donors (Lipinski definition) is 2. The summed E-state index contributed by atoms with van der Waals surface area (Å²) in [6.07, 6.45) is 0.562. The molecule has 1 fully saturated rings. The molecule has 1 aliphatic rings. The van der Waals surface area contributed by atoms with Crippen molar-refractivity contribution >= 4 is 5.91 Å². The molecule has 0 radical (unpaired) electrons. The van der Waals surface area contributed by atoms with E-state index >= 15 is 0 Å². The van der Waals surface area contributed by atoms with Gasteiger partial charge in [-0.2, -0.15) is 0 Å². The summed E-state index contributed by atoms with van der Waals surface area (Å²) in [6, 6.07) is 7.78. The molecule has 1 aromatic carbocycles. The number of benzene rings is 1. The molecule has 0 saturated carbocycles. The highest BCUT2D eigenvalue weighted by Crippen LogP contribution is 2.27. The van der Waals surface area contributed by atoms with Gasteiger partial charge in [-0.1, -0.05) is 18.2 Å². The zero-order valence-corrected chi connectivity index (χ0v) is 12.2. The number of nitrogens with zero attached hydrogens (tertiary/aromatic N) is 1. The Morgan fingerprint density at radius 3 is 2.65 bits per heavy atom. The first-order valence-electron chi connectivity index (χ1n) is 6.95. The van der Waals surface area contributed by atoms with Crippen molar-refractivity contribution in [2.24, 2.45) is 5.73 Å². The van der Waals surface area contributed by atoms with Gasteiger partial charge in [0.15, 0.2) is 0 Å². The lowest BCUT2D eigenvalue weighted by Gasteiger charge is -2.41. The van der Waals surface area contributed by atoms with Crippen LogP contribution in [-0.2, 0) is 11.2 Å². The number of nitrogens with one attached hydrogen (secondary N) is 1.